The zero-order chi connectivity index (χ0) is 20.0. The second-order valence-corrected chi connectivity index (χ2v) is 6.42. The van der Waals surface area contributed by atoms with Crippen molar-refractivity contribution in [2.75, 3.05) is 0 Å². The van der Waals surface area contributed by atoms with Crippen LogP contribution in [0, 0.1) is 11.8 Å². The molecule has 0 spiro atoms. The van der Waals surface area contributed by atoms with E-state index in [1.54, 1.807) is 71.8 Å². The number of fused-ring (bicyclic) bond motifs is 2. The van der Waals surface area contributed by atoms with Crippen molar-refractivity contribution in [2.24, 2.45) is 14.1 Å². The summed E-state index contributed by atoms with van der Waals surface area (Å²) in [5.74, 6) is 3.02. The SMILES string of the molecule is Cn1c(C#Cc2c(C(=O)[O-])c3ccccc3n2C)c(C(=O)[O-])c2ccccc21. The Balaban J connectivity index is 2.02. The summed E-state index contributed by atoms with van der Waals surface area (Å²) >= 11 is 0. The third-order valence-corrected chi connectivity index (χ3v) is 4.92. The van der Waals surface area contributed by atoms with Crippen LogP contribution in [0.15, 0.2) is 48.5 Å². The molecule has 0 amide bonds. The van der Waals surface area contributed by atoms with Crippen LogP contribution in [0.2, 0.25) is 0 Å². The number of benzene rings is 2. The maximum Gasteiger partial charge on any atom is 0.102 e. The lowest BCUT2D eigenvalue weighted by Crippen LogP contribution is -2.23. The predicted octanol–water partition coefficient (Wildman–Crippen LogP) is 0.797. The summed E-state index contributed by atoms with van der Waals surface area (Å²) in [6.07, 6.45) is 0. The zero-order valence-electron chi connectivity index (χ0n) is 15.1. The van der Waals surface area contributed by atoms with Crippen molar-refractivity contribution in [1.29, 1.82) is 0 Å². The lowest BCUT2D eigenvalue weighted by Gasteiger charge is -2.04. The van der Waals surface area contributed by atoms with Crippen molar-refractivity contribution in [3.05, 3.63) is 71.0 Å². The first-order valence-corrected chi connectivity index (χ1v) is 8.51. The van der Waals surface area contributed by atoms with Crippen LogP contribution >= 0.6 is 0 Å². The van der Waals surface area contributed by atoms with Gasteiger partial charge < -0.3 is 28.9 Å². The number of aromatic carboxylic acids is 2. The van der Waals surface area contributed by atoms with Crippen LogP contribution < -0.4 is 10.2 Å². The molecular formula is C22H14N2O4-2. The average molecular weight is 370 g/mol. The Bertz CT molecular complexity index is 1240. The van der Waals surface area contributed by atoms with Gasteiger partial charge in [-0.3, -0.25) is 0 Å². The normalized spacial score (nSPS) is 10.8. The molecule has 6 heteroatoms. The van der Waals surface area contributed by atoms with Crippen LogP contribution in [-0.2, 0) is 14.1 Å². The molecule has 4 rings (SSSR count). The summed E-state index contributed by atoms with van der Waals surface area (Å²) in [4.78, 5) is 23.5. The molecule has 138 valence electrons. The number of hydrogen-bond donors (Lipinski definition) is 0. The minimum atomic E-state index is -1.33. The Morgan fingerprint density at radius 1 is 0.714 bits per heavy atom. The standard InChI is InChI=1S/C22H16N2O4/c1-23-15-9-5-3-7-13(15)19(21(25)26)17(23)11-12-18-20(22(27)28)14-8-4-6-10-16(14)24(18)2/h3-10H,1-2H3,(H,25,26)(H,27,28)/p-2. The Morgan fingerprint density at radius 3 is 1.43 bits per heavy atom. The molecule has 2 aromatic heterocycles. The molecule has 2 aromatic carbocycles. The molecule has 0 saturated carbocycles. The number of carboxylic acids is 2. The highest BCUT2D eigenvalue weighted by Gasteiger charge is 2.16. The van der Waals surface area contributed by atoms with Crippen LogP contribution in [0.25, 0.3) is 21.8 Å². The number of rotatable bonds is 2. The van der Waals surface area contributed by atoms with Crippen molar-refractivity contribution in [1.82, 2.24) is 9.13 Å². The van der Waals surface area contributed by atoms with Gasteiger partial charge in [-0.05, 0) is 24.0 Å². The van der Waals surface area contributed by atoms with E-state index < -0.39 is 11.9 Å². The number of carbonyl (C=O) groups excluding carboxylic acids is 2. The molecule has 0 radical (unpaired) electrons. The lowest BCUT2D eigenvalue weighted by molar-refractivity contribution is -0.256. The fraction of sp³-hybridized carbons (Fsp3) is 0.0909. The molecule has 0 saturated heterocycles. The predicted molar refractivity (Wildman–Crippen MR) is 100 cm³/mol. The highest BCUT2D eigenvalue weighted by atomic mass is 16.4. The van der Waals surface area contributed by atoms with Gasteiger partial charge in [-0.15, -0.1) is 0 Å². The van der Waals surface area contributed by atoms with Crippen LogP contribution in [0.4, 0.5) is 0 Å². The number of nitrogens with zero attached hydrogens (tertiary/aromatic N) is 2. The second-order valence-electron chi connectivity index (χ2n) is 6.42. The van der Waals surface area contributed by atoms with Crippen LogP contribution in [0.1, 0.15) is 32.1 Å². The molecule has 0 aliphatic rings. The van der Waals surface area contributed by atoms with E-state index in [4.69, 9.17) is 0 Å². The molecule has 0 N–H and O–H groups in total. The van der Waals surface area contributed by atoms with Crippen molar-refractivity contribution < 1.29 is 19.8 Å². The summed E-state index contributed by atoms with van der Waals surface area (Å²) in [6.45, 7) is 0. The van der Waals surface area contributed by atoms with Gasteiger partial charge in [0.1, 0.15) is 11.4 Å². The first kappa shape index (κ1) is 17.4. The Labute approximate surface area is 160 Å². The third-order valence-electron chi connectivity index (χ3n) is 4.92. The van der Waals surface area contributed by atoms with E-state index in [9.17, 15) is 19.8 Å². The van der Waals surface area contributed by atoms with Crippen molar-refractivity contribution in [3.8, 4) is 11.8 Å². The van der Waals surface area contributed by atoms with Gasteiger partial charge in [0.05, 0.1) is 11.9 Å². The van der Waals surface area contributed by atoms with E-state index in [0.717, 1.165) is 0 Å². The average Bonchev–Trinajstić information content (AvgIpc) is 3.12. The summed E-state index contributed by atoms with van der Waals surface area (Å²) in [5, 5.41) is 24.5. The highest BCUT2D eigenvalue weighted by Crippen LogP contribution is 2.26. The lowest BCUT2D eigenvalue weighted by atomic mass is 10.1. The van der Waals surface area contributed by atoms with Crippen LogP contribution in [0.3, 0.4) is 0 Å². The van der Waals surface area contributed by atoms with E-state index in [1.165, 1.54) is 0 Å². The van der Waals surface area contributed by atoms with E-state index in [2.05, 4.69) is 11.8 Å². The van der Waals surface area contributed by atoms with E-state index >= 15 is 0 Å². The monoisotopic (exact) mass is 370 g/mol. The highest BCUT2D eigenvalue weighted by molar-refractivity contribution is 6.06. The number of carboxylic acid groups (broad SMARTS) is 2. The molecule has 0 bridgehead atoms. The minimum absolute atomic E-state index is 0.0145. The molecule has 0 fully saturated rings. The van der Waals surface area contributed by atoms with Gasteiger partial charge in [0.2, 0.25) is 0 Å². The van der Waals surface area contributed by atoms with Crippen molar-refractivity contribution in [3.63, 3.8) is 0 Å². The zero-order valence-corrected chi connectivity index (χ0v) is 15.1. The number of aryl methyl sites for hydroxylation is 2. The van der Waals surface area contributed by atoms with Crippen LogP contribution in [0.5, 0.6) is 0 Å². The smallest absolute Gasteiger partial charge is 0.102 e. The molecular weight excluding hydrogens is 356 g/mol. The molecule has 2 heterocycles. The van der Waals surface area contributed by atoms with Gasteiger partial charge in [-0.1, -0.05) is 36.4 Å². The van der Waals surface area contributed by atoms with Crippen LogP contribution in [-0.4, -0.2) is 21.1 Å². The fourth-order valence-electron chi connectivity index (χ4n) is 3.61. The summed E-state index contributed by atoms with van der Waals surface area (Å²) < 4.78 is 3.32. The first-order chi connectivity index (χ1) is 13.4. The second kappa shape index (κ2) is 6.32. The van der Waals surface area contributed by atoms with Gasteiger partial charge in [0, 0.05) is 47.0 Å². The molecule has 0 atom stereocenters. The molecule has 28 heavy (non-hydrogen) atoms. The quantitative estimate of drug-likeness (QED) is 0.488. The maximum atomic E-state index is 11.7. The van der Waals surface area contributed by atoms with Gasteiger partial charge in [-0.25, -0.2) is 0 Å². The molecule has 6 nitrogen and oxygen atoms in total. The van der Waals surface area contributed by atoms with Gasteiger partial charge >= 0.3 is 0 Å². The van der Waals surface area contributed by atoms with Crippen molar-refractivity contribution in [2.45, 2.75) is 0 Å². The summed E-state index contributed by atoms with van der Waals surface area (Å²) in [6, 6.07) is 14.0. The Kier molecular flexibility index (Phi) is 3.94. The van der Waals surface area contributed by atoms with Gasteiger partial charge in [0.15, 0.2) is 0 Å². The third kappa shape index (κ3) is 2.45. The number of aromatic nitrogens is 2. The number of carbonyl (C=O) groups is 2. The summed E-state index contributed by atoms with van der Waals surface area (Å²) in [5.41, 5.74) is 1.86. The molecule has 0 aliphatic carbocycles. The summed E-state index contributed by atoms with van der Waals surface area (Å²) in [7, 11) is 3.42. The Morgan fingerprint density at radius 2 is 1.07 bits per heavy atom. The number of para-hydroxylation sites is 2. The van der Waals surface area contributed by atoms with E-state index in [0.29, 0.717) is 21.8 Å². The van der Waals surface area contributed by atoms with E-state index in [-0.39, 0.29) is 22.5 Å². The van der Waals surface area contributed by atoms with E-state index in [1.807, 2.05) is 0 Å². The minimum Gasteiger partial charge on any atom is -0.545 e. The van der Waals surface area contributed by atoms with Gasteiger partial charge in [0.25, 0.3) is 0 Å². The first-order valence-electron chi connectivity index (χ1n) is 8.51. The maximum absolute atomic E-state index is 11.7. The Hall–Kier alpha value is -3.98. The molecule has 0 aliphatic heterocycles. The number of hydrogen-bond acceptors (Lipinski definition) is 4. The largest absolute Gasteiger partial charge is 0.545 e. The van der Waals surface area contributed by atoms with Crippen molar-refractivity contribution >= 4 is 33.7 Å². The van der Waals surface area contributed by atoms with Gasteiger partial charge in [-0.2, -0.15) is 0 Å². The molecule has 4 aromatic rings. The molecule has 0 unspecified atom stereocenters. The fourth-order valence-corrected chi connectivity index (χ4v) is 3.61. The topological polar surface area (TPSA) is 90.1 Å².